The van der Waals surface area contributed by atoms with Crippen LogP contribution < -0.4 is 10.1 Å². The van der Waals surface area contributed by atoms with Crippen LogP contribution in [0.25, 0.3) is 0 Å². The maximum atomic E-state index is 12.5. The Morgan fingerprint density at radius 2 is 1.59 bits per heavy atom. The molecule has 1 amide bonds. The van der Waals surface area contributed by atoms with Crippen LogP contribution in [0, 0.1) is 0 Å². The Morgan fingerprint density at radius 3 is 2.14 bits per heavy atom. The third-order valence-electron chi connectivity index (χ3n) is 4.68. The summed E-state index contributed by atoms with van der Waals surface area (Å²) in [5.41, 5.74) is 1.55. The molecule has 0 saturated heterocycles. The van der Waals surface area contributed by atoms with Crippen molar-refractivity contribution < 1.29 is 17.9 Å². The van der Waals surface area contributed by atoms with E-state index in [1.807, 2.05) is 24.3 Å². The van der Waals surface area contributed by atoms with Gasteiger partial charge in [-0.2, -0.15) is 4.31 Å². The molecule has 0 saturated carbocycles. The Hall–Kier alpha value is -2.38. The van der Waals surface area contributed by atoms with Gasteiger partial charge >= 0.3 is 0 Å². The first-order chi connectivity index (χ1) is 13.7. The van der Waals surface area contributed by atoms with E-state index in [4.69, 9.17) is 4.74 Å². The van der Waals surface area contributed by atoms with Crippen LogP contribution in [0.3, 0.4) is 0 Å². The Morgan fingerprint density at radius 1 is 1.00 bits per heavy atom. The molecule has 0 heterocycles. The van der Waals surface area contributed by atoms with E-state index in [2.05, 4.69) is 19.2 Å². The molecule has 0 bridgehead atoms. The predicted molar refractivity (Wildman–Crippen MR) is 116 cm³/mol. The monoisotopic (exact) mass is 418 g/mol. The molecule has 7 heteroatoms. The second-order valence-electron chi connectivity index (χ2n) is 7.06. The van der Waals surface area contributed by atoms with Crippen LogP contribution in [0.4, 0.5) is 5.69 Å². The molecule has 2 aromatic rings. The highest BCUT2D eigenvalue weighted by atomic mass is 32.2. The lowest BCUT2D eigenvalue weighted by Gasteiger charge is -2.19. The van der Waals surface area contributed by atoms with Crippen molar-refractivity contribution in [3.05, 3.63) is 54.1 Å². The van der Waals surface area contributed by atoms with E-state index in [1.54, 1.807) is 32.9 Å². The number of para-hydroxylation sites is 1. The number of rotatable bonds is 9. The van der Waals surface area contributed by atoms with Crippen molar-refractivity contribution in [2.75, 3.05) is 18.4 Å². The third-order valence-corrected chi connectivity index (χ3v) is 6.74. The lowest BCUT2D eigenvalue weighted by Crippen LogP contribution is -2.31. The summed E-state index contributed by atoms with van der Waals surface area (Å²) in [5, 5.41) is 2.77. The SMILES string of the molecule is CCN(CC)S(=O)(=O)c1ccc(NC(=O)[C@H](C)Oc2ccccc2C(C)C)cc1. The number of anilines is 1. The fraction of sp³-hybridized carbons (Fsp3) is 0.409. The first-order valence-electron chi connectivity index (χ1n) is 9.87. The highest BCUT2D eigenvalue weighted by Gasteiger charge is 2.22. The zero-order chi connectivity index (χ0) is 21.6. The number of hydrogen-bond donors (Lipinski definition) is 1. The first kappa shape index (κ1) is 22.9. The molecule has 29 heavy (non-hydrogen) atoms. The predicted octanol–water partition coefficient (Wildman–Crippen LogP) is 4.25. The van der Waals surface area contributed by atoms with E-state index in [0.717, 1.165) is 5.56 Å². The van der Waals surface area contributed by atoms with Gasteiger partial charge in [-0.05, 0) is 48.7 Å². The molecule has 0 radical (unpaired) electrons. The van der Waals surface area contributed by atoms with Crippen molar-refractivity contribution in [1.82, 2.24) is 4.31 Å². The number of ether oxygens (including phenoxy) is 1. The van der Waals surface area contributed by atoms with Crippen molar-refractivity contribution in [2.45, 2.75) is 51.5 Å². The standard InChI is InChI=1S/C22H30N2O4S/c1-6-24(7-2)29(26,27)19-14-12-18(13-15-19)23-22(25)17(5)28-21-11-9-8-10-20(21)16(3)4/h8-17H,6-7H2,1-5H3,(H,23,25)/t17-/m0/s1. The van der Waals surface area contributed by atoms with Crippen LogP contribution in [-0.2, 0) is 14.8 Å². The van der Waals surface area contributed by atoms with Gasteiger partial charge < -0.3 is 10.1 Å². The van der Waals surface area contributed by atoms with Crippen LogP contribution in [0.1, 0.15) is 46.1 Å². The quantitative estimate of drug-likeness (QED) is 0.661. The van der Waals surface area contributed by atoms with E-state index in [1.165, 1.54) is 16.4 Å². The number of nitrogens with zero attached hydrogens (tertiary/aromatic N) is 1. The maximum absolute atomic E-state index is 12.5. The number of sulfonamides is 1. The van der Waals surface area contributed by atoms with Crippen molar-refractivity contribution in [3.8, 4) is 5.75 Å². The topological polar surface area (TPSA) is 75.7 Å². The van der Waals surface area contributed by atoms with Gasteiger partial charge in [0.2, 0.25) is 10.0 Å². The van der Waals surface area contributed by atoms with Gasteiger partial charge in [-0.15, -0.1) is 0 Å². The molecule has 0 aromatic heterocycles. The minimum Gasteiger partial charge on any atom is -0.481 e. The number of nitrogens with one attached hydrogen (secondary N) is 1. The molecule has 2 aromatic carbocycles. The van der Waals surface area contributed by atoms with Gasteiger partial charge in [0.25, 0.3) is 5.91 Å². The molecule has 2 rings (SSSR count). The third kappa shape index (κ3) is 5.58. The van der Waals surface area contributed by atoms with Crippen LogP contribution >= 0.6 is 0 Å². The van der Waals surface area contributed by atoms with Gasteiger partial charge in [0.15, 0.2) is 6.10 Å². The zero-order valence-corrected chi connectivity index (χ0v) is 18.5. The molecule has 0 aliphatic rings. The van der Waals surface area contributed by atoms with E-state index in [9.17, 15) is 13.2 Å². The first-order valence-corrected chi connectivity index (χ1v) is 11.3. The second-order valence-corrected chi connectivity index (χ2v) is 8.99. The summed E-state index contributed by atoms with van der Waals surface area (Å²) in [4.78, 5) is 12.7. The molecular weight excluding hydrogens is 388 g/mol. The average molecular weight is 419 g/mol. The molecule has 158 valence electrons. The molecular formula is C22H30N2O4S. The van der Waals surface area contributed by atoms with Crippen LogP contribution in [0.2, 0.25) is 0 Å². The summed E-state index contributed by atoms with van der Waals surface area (Å²) in [6.07, 6.45) is -0.700. The Bertz CT molecular complexity index is 920. The maximum Gasteiger partial charge on any atom is 0.265 e. The Kier molecular flexibility index (Phi) is 7.81. The van der Waals surface area contributed by atoms with Gasteiger partial charge in [-0.1, -0.05) is 45.9 Å². The van der Waals surface area contributed by atoms with Gasteiger partial charge in [0.1, 0.15) is 5.75 Å². The summed E-state index contributed by atoms with van der Waals surface area (Å²) in [7, 11) is -3.52. The van der Waals surface area contributed by atoms with Crippen LogP contribution in [0.5, 0.6) is 5.75 Å². The Labute approximate surface area is 173 Å². The summed E-state index contributed by atoms with van der Waals surface area (Å²) in [5.74, 6) is 0.662. The van der Waals surface area contributed by atoms with E-state index >= 15 is 0 Å². The van der Waals surface area contributed by atoms with Gasteiger partial charge in [-0.25, -0.2) is 8.42 Å². The minimum absolute atomic E-state index is 0.203. The smallest absolute Gasteiger partial charge is 0.265 e. The zero-order valence-electron chi connectivity index (χ0n) is 17.7. The minimum atomic E-state index is -3.52. The lowest BCUT2D eigenvalue weighted by molar-refractivity contribution is -0.122. The molecule has 0 aliphatic carbocycles. The van der Waals surface area contributed by atoms with Crippen molar-refractivity contribution in [3.63, 3.8) is 0 Å². The molecule has 6 nitrogen and oxygen atoms in total. The van der Waals surface area contributed by atoms with Gasteiger partial charge in [0.05, 0.1) is 4.90 Å². The molecule has 0 unspecified atom stereocenters. The van der Waals surface area contributed by atoms with Crippen LogP contribution in [0.15, 0.2) is 53.4 Å². The van der Waals surface area contributed by atoms with E-state index in [0.29, 0.717) is 24.5 Å². The molecule has 0 aliphatic heterocycles. The van der Waals surface area contributed by atoms with Crippen molar-refractivity contribution >= 4 is 21.6 Å². The highest BCUT2D eigenvalue weighted by molar-refractivity contribution is 7.89. The number of benzene rings is 2. The summed E-state index contributed by atoms with van der Waals surface area (Å²) >= 11 is 0. The fourth-order valence-electron chi connectivity index (χ4n) is 2.98. The van der Waals surface area contributed by atoms with Gasteiger partial charge in [0, 0.05) is 18.8 Å². The number of amides is 1. The molecule has 1 atom stereocenters. The largest absolute Gasteiger partial charge is 0.481 e. The molecule has 0 fully saturated rings. The normalized spacial score (nSPS) is 12.8. The van der Waals surface area contributed by atoms with Crippen molar-refractivity contribution in [2.24, 2.45) is 0 Å². The Balaban J connectivity index is 2.08. The average Bonchev–Trinajstić information content (AvgIpc) is 2.69. The number of carbonyl (C=O) groups is 1. The van der Waals surface area contributed by atoms with Crippen molar-refractivity contribution in [1.29, 1.82) is 0 Å². The van der Waals surface area contributed by atoms with E-state index < -0.39 is 16.1 Å². The summed E-state index contributed by atoms with van der Waals surface area (Å²) in [6, 6.07) is 13.8. The lowest BCUT2D eigenvalue weighted by atomic mass is 10.0. The summed E-state index contributed by atoms with van der Waals surface area (Å²) in [6.45, 7) is 10.2. The van der Waals surface area contributed by atoms with E-state index in [-0.39, 0.29) is 16.7 Å². The number of carbonyl (C=O) groups excluding carboxylic acids is 1. The number of hydrogen-bond acceptors (Lipinski definition) is 4. The summed E-state index contributed by atoms with van der Waals surface area (Å²) < 4.78 is 32.3. The molecule has 0 spiro atoms. The highest BCUT2D eigenvalue weighted by Crippen LogP contribution is 2.27. The van der Waals surface area contributed by atoms with Gasteiger partial charge in [-0.3, -0.25) is 4.79 Å². The second kappa shape index (κ2) is 9.89. The molecule has 1 N–H and O–H groups in total. The fourth-order valence-corrected chi connectivity index (χ4v) is 4.43. The van der Waals surface area contributed by atoms with Crippen LogP contribution in [-0.4, -0.2) is 37.8 Å².